The Bertz CT molecular complexity index is 342. The van der Waals surface area contributed by atoms with Crippen LogP contribution in [0.25, 0.3) is 0 Å². The number of nitrogen functional groups attached to an aromatic ring is 1. The van der Waals surface area contributed by atoms with Crippen LogP contribution in [0.3, 0.4) is 0 Å². The van der Waals surface area contributed by atoms with Gasteiger partial charge in [0.05, 0.1) is 5.69 Å². The zero-order chi connectivity index (χ0) is 10.2. The van der Waals surface area contributed by atoms with Crippen molar-refractivity contribution >= 4 is 11.5 Å². The highest BCUT2D eigenvalue weighted by molar-refractivity contribution is 5.64. The molecule has 0 atom stereocenters. The molecule has 0 amide bonds. The third-order valence-electron chi connectivity index (χ3n) is 2.99. The van der Waals surface area contributed by atoms with Gasteiger partial charge >= 0.3 is 0 Å². The van der Waals surface area contributed by atoms with Gasteiger partial charge in [-0.05, 0) is 36.8 Å². The molecule has 3 nitrogen and oxygen atoms in total. The minimum atomic E-state index is 0.484. The molecule has 0 bridgehead atoms. The van der Waals surface area contributed by atoms with Gasteiger partial charge in [-0.15, -0.1) is 0 Å². The molecule has 0 aromatic carbocycles. The second kappa shape index (κ2) is 3.15. The average Bonchev–Trinajstić information content (AvgIpc) is 2.88. The molecular weight excluding hydrogens is 174 g/mol. The number of aryl methyl sites for hydroxylation is 1. The fourth-order valence-corrected chi connectivity index (χ4v) is 1.40. The first-order valence-corrected chi connectivity index (χ1v) is 5.06. The second-order valence-electron chi connectivity index (χ2n) is 4.55. The van der Waals surface area contributed by atoms with Crippen molar-refractivity contribution in [2.45, 2.75) is 26.7 Å². The fourth-order valence-electron chi connectivity index (χ4n) is 1.40. The molecular formula is C11H17N3. The van der Waals surface area contributed by atoms with E-state index in [0.717, 1.165) is 23.6 Å². The Kier molecular flexibility index (Phi) is 2.10. The summed E-state index contributed by atoms with van der Waals surface area (Å²) in [6.07, 6.45) is 4.42. The van der Waals surface area contributed by atoms with Crippen LogP contribution < -0.4 is 11.1 Å². The Labute approximate surface area is 84.7 Å². The summed E-state index contributed by atoms with van der Waals surface area (Å²) in [5.41, 5.74) is 8.25. The minimum absolute atomic E-state index is 0.484. The average molecular weight is 191 g/mol. The van der Waals surface area contributed by atoms with Crippen molar-refractivity contribution in [1.82, 2.24) is 4.98 Å². The maximum absolute atomic E-state index is 5.91. The number of aromatic nitrogens is 1. The number of nitrogens with zero attached hydrogens (tertiary/aromatic N) is 1. The molecule has 14 heavy (non-hydrogen) atoms. The standard InChI is InChI=1S/C11H17N3/c1-8-3-6-13-10(9(8)12)14-7-11(2)4-5-11/h3,6H,4-5,7,12H2,1-2H3,(H,13,14). The molecule has 0 aliphatic heterocycles. The van der Waals surface area contributed by atoms with E-state index in [-0.39, 0.29) is 0 Å². The Morgan fingerprint density at radius 2 is 2.29 bits per heavy atom. The lowest BCUT2D eigenvalue weighted by Gasteiger charge is -2.13. The molecule has 1 aromatic heterocycles. The van der Waals surface area contributed by atoms with E-state index in [4.69, 9.17) is 5.73 Å². The summed E-state index contributed by atoms with van der Waals surface area (Å²) in [5, 5.41) is 3.32. The number of rotatable bonds is 3. The van der Waals surface area contributed by atoms with Crippen LogP contribution in [0.4, 0.5) is 11.5 Å². The van der Waals surface area contributed by atoms with E-state index in [9.17, 15) is 0 Å². The van der Waals surface area contributed by atoms with Crippen LogP contribution >= 0.6 is 0 Å². The summed E-state index contributed by atoms with van der Waals surface area (Å²) in [7, 11) is 0. The van der Waals surface area contributed by atoms with Crippen LogP contribution in [0.15, 0.2) is 12.3 Å². The topological polar surface area (TPSA) is 50.9 Å². The van der Waals surface area contributed by atoms with Crippen molar-refractivity contribution in [3.05, 3.63) is 17.8 Å². The Morgan fingerprint density at radius 3 is 2.93 bits per heavy atom. The smallest absolute Gasteiger partial charge is 0.149 e. The maximum Gasteiger partial charge on any atom is 0.149 e. The van der Waals surface area contributed by atoms with Gasteiger partial charge in [-0.1, -0.05) is 6.92 Å². The Morgan fingerprint density at radius 1 is 1.57 bits per heavy atom. The van der Waals surface area contributed by atoms with E-state index in [1.54, 1.807) is 6.20 Å². The van der Waals surface area contributed by atoms with E-state index in [1.165, 1.54) is 12.8 Å². The van der Waals surface area contributed by atoms with Gasteiger partial charge in [-0.2, -0.15) is 0 Å². The summed E-state index contributed by atoms with van der Waals surface area (Å²) < 4.78 is 0. The second-order valence-corrected chi connectivity index (χ2v) is 4.55. The van der Waals surface area contributed by atoms with Crippen molar-refractivity contribution in [1.29, 1.82) is 0 Å². The van der Waals surface area contributed by atoms with Gasteiger partial charge in [0.25, 0.3) is 0 Å². The minimum Gasteiger partial charge on any atom is -0.396 e. The first-order chi connectivity index (χ1) is 6.61. The summed E-state index contributed by atoms with van der Waals surface area (Å²) in [4.78, 5) is 4.23. The molecule has 3 heteroatoms. The van der Waals surface area contributed by atoms with Crippen LogP contribution in [-0.2, 0) is 0 Å². The predicted octanol–water partition coefficient (Wildman–Crippen LogP) is 2.18. The van der Waals surface area contributed by atoms with Crippen molar-refractivity contribution in [2.75, 3.05) is 17.6 Å². The molecule has 1 fully saturated rings. The van der Waals surface area contributed by atoms with Gasteiger partial charge in [-0.25, -0.2) is 4.98 Å². The van der Waals surface area contributed by atoms with Crippen LogP contribution in [0, 0.1) is 12.3 Å². The van der Waals surface area contributed by atoms with Gasteiger partial charge in [0.1, 0.15) is 5.82 Å². The molecule has 2 rings (SSSR count). The highest BCUT2D eigenvalue weighted by Crippen LogP contribution is 2.44. The lowest BCUT2D eigenvalue weighted by atomic mass is 10.1. The fraction of sp³-hybridized carbons (Fsp3) is 0.545. The number of nitrogens with one attached hydrogen (secondary N) is 1. The molecule has 1 aliphatic rings. The molecule has 0 radical (unpaired) electrons. The summed E-state index contributed by atoms with van der Waals surface area (Å²) in [6, 6.07) is 1.93. The lowest BCUT2D eigenvalue weighted by Crippen LogP contribution is -2.14. The van der Waals surface area contributed by atoms with Gasteiger partial charge < -0.3 is 11.1 Å². The van der Waals surface area contributed by atoms with Gasteiger partial charge in [0.2, 0.25) is 0 Å². The third kappa shape index (κ3) is 1.81. The van der Waals surface area contributed by atoms with E-state index < -0.39 is 0 Å². The van der Waals surface area contributed by atoms with E-state index in [0.29, 0.717) is 5.41 Å². The van der Waals surface area contributed by atoms with Crippen LogP contribution in [-0.4, -0.2) is 11.5 Å². The predicted molar refractivity (Wildman–Crippen MR) is 59.2 cm³/mol. The highest BCUT2D eigenvalue weighted by Gasteiger charge is 2.36. The third-order valence-corrected chi connectivity index (χ3v) is 2.99. The first-order valence-electron chi connectivity index (χ1n) is 5.06. The molecule has 1 aromatic rings. The number of anilines is 2. The highest BCUT2D eigenvalue weighted by atomic mass is 15.0. The van der Waals surface area contributed by atoms with E-state index in [2.05, 4.69) is 17.2 Å². The normalized spacial score (nSPS) is 17.9. The van der Waals surface area contributed by atoms with Gasteiger partial charge in [0, 0.05) is 12.7 Å². The molecule has 76 valence electrons. The molecule has 0 unspecified atom stereocenters. The number of nitrogens with two attached hydrogens (primary N) is 1. The SMILES string of the molecule is Cc1ccnc(NCC2(C)CC2)c1N. The number of pyridine rings is 1. The Balaban J connectivity index is 2.05. The number of hydrogen-bond donors (Lipinski definition) is 2. The summed E-state index contributed by atoms with van der Waals surface area (Å²) in [5.74, 6) is 0.832. The van der Waals surface area contributed by atoms with Crippen LogP contribution in [0.1, 0.15) is 25.3 Å². The number of hydrogen-bond acceptors (Lipinski definition) is 3. The van der Waals surface area contributed by atoms with Crippen molar-refractivity contribution < 1.29 is 0 Å². The Hall–Kier alpha value is -1.25. The van der Waals surface area contributed by atoms with Crippen LogP contribution in [0.2, 0.25) is 0 Å². The zero-order valence-electron chi connectivity index (χ0n) is 8.80. The monoisotopic (exact) mass is 191 g/mol. The van der Waals surface area contributed by atoms with Gasteiger partial charge in [0.15, 0.2) is 0 Å². The quantitative estimate of drug-likeness (QED) is 0.770. The zero-order valence-corrected chi connectivity index (χ0v) is 8.80. The van der Waals surface area contributed by atoms with Crippen molar-refractivity contribution in [3.8, 4) is 0 Å². The summed E-state index contributed by atoms with van der Waals surface area (Å²) >= 11 is 0. The van der Waals surface area contributed by atoms with Crippen LogP contribution in [0.5, 0.6) is 0 Å². The molecule has 1 aliphatic carbocycles. The van der Waals surface area contributed by atoms with Gasteiger partial charge in [-0.3, -0.25) is 0 Å². The lowest BCUT2D eigenvalue weighted by molar-refractivity contribution is 0.609. The molecule has 3 N–H and O–H groups in total. The van der Waals surface area contributed by atoms with E-state index >= 15 is 0 Å². The first kappa shape index (κ1) is 9.31. The molecule has 0 spiro atoms. The van der Waals surface area contributed by atoms with Crippen molar-refractivity contribution in [2.24, 2.45) is 5.41 Å². The maximum atomic E-state index is 5.91. The summed E-state index contributed by atoms with van der Waals surface area (Å²) in [6.45, 7) is 5.26. The van der Waals surface area contributed by atoms with Crippen molar-refractivity contribution in [3.63, 3.8) is 0 Å². The molecule has 0 saturated heterocycles. The molecule has 1 heterocycles. The largest absolute Gasteiger partial charge is 0.396 e. The molecule has 1 saturated carbocycles. The van der Waals surface area contributed by atoms with E-state index in [1.807, 2.05) is 13.0 Å².